The predicted octanol–water partition coefficient (Wildman–Crippen LogP) is 1.71. The average Bonchev–Trinajstić information content (AvgIpc) is 2.35. The van der Waals surface area contributed by atoms with Gasteiger partial charge in [-0.2, -0.15) is 0 Å². The number of nitrogens with zero attached hydrogens (tertiary/aromatic N) is 2. The quantitative estimate of drug-likeness (QED) is 0.797. The summed E-state index contributed by atoms with van der Waals surface area (Å²) in [5, 5.41) is 6.24. The van der Waals surface area contributed by atoms with Crippen LogP contribution in [0.5, 0.6) is 0 Å². The Morgan fingerprint density at radius 3 is 2.15 bits per heavy atom. The molecule has 0 aromatic carbocycles. The van der Waals surface area contributed by atoms with Crippen molar-refractivity contribution < 1.29 is 8.42 Å². The third-order valence-electron chi connectivity index (χ3n) is 3.15. The molecule has 0 atom stereocenters. The Balaban J connectivity index is 2.90. The standard InChI is InChI=1S/C13H24N4O2S/c1-6-10-16-11(14-7-2)8-12(17-10)15-9-13(3,4)20(5,18)19/h8H,6-7,9H2,1-5H3,(H2,14,15,16,17). The molecule has 2 N–H and O–H groups in total. The van der Waals surface area contributed by atoms with Crippen LogP contribution >= 0.6 is 0 Å². The predicted molar refractivity (Wildman–Crippen MR) is 83.0 cm³/mol. The summed E-state index contributed by atoms with van der Waals surface area (Å²) in [5.74, 6) is 2.12. The molecule has 0 unspecified atom stereocenters. The number of aromatic nitrogens is 2. The molecule has 0 aliphatic rings. The zero-order valence-corrected chi connectivity index (χ0v) is 13.6. The van der Waals surface area contributed by atoms with Crippen molar-refractivity contribution in [1.29, 1.82) is 0 Å². The smallest absolute Gasteiger partial charge is 0.154 e. The van der Waals surface area contributed by atoms with Gasteiger partial charge in [0.1, 0.15) is 17.5 Å². The molecule has 0 aliphatic heterocycles. The van der Waals surface area contributed by atoms with Gasteiger partial charge in [0.05, 0.1) is 4.75 Å². The summed E-state index contributed by atoms with van der Waals surface area (Å²) < 4.78 is 22.5. The molecule has 0 saturated heterocycles. The van der Waals surface area contributed by atoms with Crippen molar-refractivity contribution in [3.05, 3.63) is 11.9 Å². The maximum absolute atomic E-state index is 11.7. The monoisotopic (exact) mass is 300 g/mol. The normalized spacial score (nSPS) is 12.2. The van der Waals surface area contributed by atoms with Crippen molar-refractivity contribution in [2.75, 3.05) is 30.0 Å². The van der Waals surface area contributed by atoms with Crippen LogP contribution in [-0.4, -0.2) is 42.5 Å². The van der Waals surface area contributed by atoms with Gasteiger partial charge in [-0.15, -0.1) is 0 Å². The Morgan fingerprint density at radius 2 is 1.70 bits per heavy atom. The Morgan fingerprint density at radius 1 is 1.15 bits per heavy atom. The number of sulfone groups is 1. The van der Waals surface area contributed by atoms with E-state index in [0.29, 0.717) is 12.4 Å². The van der Waals surface area contributed by atoms with Crippen LogP contribution in [0.1, 0.15) is 33.5 Å². The maximum Gasteiger partial charge on any atom is 0.154 e. The summed E-state index contributed by atoms with van der Waals surface area (Å²) in [4.78, 5) is 8.72. The zero-order valence-electron chi connectivity index (χ0n) is 12.8. The minimum atomic E-state index is -3.13. The van der Waals surface area contributed by atoms with Gasteiger partial charge in [0.25, 0.3) is 0 Å². The van der Waals surface area contributed by atoms with Gasteiger partial charge < -0.3 is 10.6 Å². The molecule has 20 heavy (non-hydrogen) atoms. The summed E-state index contributed by atoms with van der Waals surface area (Å²) >= 11 is 0. The van der Waals surface area contributed by atoms with Gasteiger partial charge in [-0.3, -0.25) is 0 Å². The first-order chi connectivity index (χ1) is 9.19. The number of hydrogen-bond donors (Lipinski definition) is 2. The summed E-state index contributed by atoms with van der Waals surface area (Å²) in [6, 6.07) is 1.79. The molecule has 1 heterocycles. The number of anilines is 2. The molecule has 6 nitrogen and oxygen atoms in total. The summed E-state index contributed by atoms with van der Waals surface area (Å²) in [7, 11) is -3.13. The van der Waals surface area contributed by atoms with Crippen LogP contribution < -0.4 is 10.6 Å². The van der Waals surface area contributed by atoms with Crippen molar-refractivity contribution in [2.24, 2.45) is 0 Å². The molecule has 1 aromatic rings. The van der Waals surface area contributed by atoms with Gasteiger partial charge in [0.15, 0.2) is 9.84 Å². The van der Waals surface area contributed by atoms with Crippen molar-refractivity contribution in [2.45, 2.75) is 38.9 Å². The van der Waals surface area contributed by atoms with E-state index in [-0.39, 0.29) is 0 Å². The van der Waals surface area contributed by atoms with Crippen LogP contribution in [0.4, 0.5) is 11.6 Å². The fourth-order valence-electron chi connectivity index (χ4n) is 1.45. The van der Waals surface area contributed by atoms with E-state index in [2.05, 4.69) is 20.6 Å². The molecule has 0 saturated carbocycles. The van der Waals surface area contributed by atoms with Gasteiger partial charge in [-0.1, -0.05) is 6.92 Å². The first-order valence-corrected chi connectivity index (χ1v) is 8.64. The highest BCUT2D eigenvalue weighted by Gasteiger charge is 2.30. The molecule has 0 amide bonds. The van der Waals surface area contributed by atoms with Crippen molar-refractivity contribution in [1.82, 2.24) is 9.97 Å². The largest absolute Gasteiger partial charge is 0.370 e. The molecule has 0 aliphatic carbocycles. The Kier molecular flexibility index (Phi) is 5.33. The van der Waals surface area contributed by atoms with E-state index >= 15 is 0 Å². The molecule has 7 heteroatoms. The number of hydrogen-bond acceptors (Lipinski definition) is 6. The first kappa shape index (κ1) is 16.7. The summed E-state index contributed by atoms with van der Waals surface area (Å²) in [6.07, 6.45) is 1.97. The van der Waals surface area contributed by atoms with Gasteiger partial charge in [0.2, 0.25) is 0 Å². The fraction of sp³-hybridized carbons (Fsp3) is 0.692. The lowest BCUT2D eigenvalue weighted by Crippen LogP contribution is -2.38. The molecular weight excluding hydrogens is 276 g/mol. The second-order valence-electron chi connectivity index (χ2n) is 5.32. The Bertz CT molecular complexity index is 555. The number of nitrogens with one attached hydrogen (secondary N) is 2. The lowest BCUT2D eigenvalue weighted by atomic mass is 10.2. The van der Waals surface area contributed by atoms with Crippen LogP contribution in [0.2, 0.25) is 0 Å². The van der Waals surface area contributed by atoms with Gasteiger partial charge in [-0.25, -0.2) is 18.4 Å². The Labute approximate surface area is 121 Å². The van der Waals surface area contributed by atoms with Gasteiger partial charge >= 0.3 is 0 Å². The van der Waals surface area contributed by atoms with E-state index < -0.39 is 14.6 Å². The van der Waals surface area contributed by atoms with E-state index in [1.807, 2.05) is 13.8 Å². The minimum Gasteiger partial charge on any atom is -0.370 e. The number of rotatable bonds is 7. The summed E-state index contributed by atoms with van der Waals surface area (Å²) in [5.41, 5.74) is 0. The molecule has 1 aromatic heterocycles. The Hall–Kier alpha value is -1.37. The van der Waals surface area contributed by atoms with Crippen molar-refractivity contribution in [3.63, 3.8) is 0 Å². The molecule has 0 spiro atoms. The van der Waals surface area contributed by atoms with Gasteiger partial charge in [-0.05, 0) is 20.8 Å². The van der Waals surface area contributed by atoms with Crippen LogP contribution in [0.15, 0.2) is 6.07 Å². The molecule has 0 bridgehead atoms. The molecule has 1 rings (SSSR count). The molecule has 0 radical (unpaired) electrons. The second kappa shape index (κ2) is 6.39. The van der Waals surface area contributed by atoms with Crippen molar-refractivity contribution in [3.8, 4) is 0 Å². The molecule has 114 valence electrons. The van der Waals surface area contributed by atoms with Crippen molar-refractivity contribution >= 4 is 21.5 Å². The summed E-state index contributed by atoms with van der Waals surface area (Å²) in [6.45, 7) is 8.44. The van der Waals surface area contributed by atoms with Crippen LogP contribution in [0.3, 0.4) is 0 Å². The lowest BCUT2D eigenvalue weighted by molar-refractivity contribution is 0.559. The highest BCUT2D eigenvalue weighted by molar-refractivity contribution is 7.92. The highest BCUT2D eigenvalue weighted by atomic mass is 32.2. The van der Waals surface area contributed by atoms with E-state index in [1.165, 1.54) is 6.26 Å². The lowest BCUT2D eigenvalue weighted by Gasteiger charge is -2.23. The van der Waals surface area contributed by atoms with E-state index in [9.17, 15) is 8.42 Å². The topological polar surface area (TPSA) is 84.0 Å². The highest BCUT2D eigenvalue weighted by Crippen LogP contribution is 2.17. The third-order valence-corrected chi connectivity index (χ3v) is 5.30. The first-order valence-electron chi connectivity index (χ1n) is 6.75. The van der Waals surface area contributed by atoms with Gasteiger partial charge in [0, 0.05) is 31.8 Å². The molecular formula is C13H24N4O2S. The molecule has 0 fully saturated rings. The zero-order chi connectivity index (χ0) is 15.4. The van der Waals surface area contributed by atoms with E-state index in [4.69, 9.17) is 0 Å². The van der Waals surface area contributed by atoms with E-state index in [0.717, 1.165) is 24.6 Å². The average molecular weight is 300 g/mol. The maximum atomic E-state index is 11.7. The number of aryl methyl sites for hydroxylation is 1. The SMILES string of the molecule is CCNc1cc(NCC(C)(C)S(C)(=O)=O)nc(CC)n1. The van der Waals surface area contributed by atoms with E-state index in [1.54, 1.807) is 19.9 Å². The van der Waals surface area contributed by atoms with Crippen LogP contribution in [0.25, 0.3) is 0 Å². The third kappa shape index (κ3) is 4.33. The second-order valence-corrected chi connectivity index (χ2v) is 7.97. The fourth-order valence-corrected chi connectivity index (χ4v) is 1.79. The van der Waals surface area contributed by atoms with Crippen LogP contribution in [-0.2, 0) is 16.3 Å². The minimum absolute atomic E-state index is 0.303. The van der Waals surface area contributed by atoms with Crippen LogP contribution in [0, 0.1) is 0 Å².